The number of hydrogen-bond donors (Lipinski definition) is 1. The van der Waals surface area contributed by atoms with Crippen molar-refractivity contribution in [1.82, 2.24) is 5.32 Å². The van der Waals surface area contributed by atoms with Gasteiger partial charge in [-0.3, -0.25) is 4.79 Å². The lowest BCUT2D eigenvalue weighted by Gasteiger charge is -2.04. The molecule has 0 aliphatic rings. The van der Waals surface area contributed by atoms with Crippen LogP contribution < -0.4 is 5.32 Å². The Morgan fingerprint density at radius 2 is 2.12 bits per heavy atom. The number of halogens is 1. The molecular weight excluding hydrogens is 222 g/mol. The maximum Gasteiger partial charge on any atom is 0.244 e. The van der Waals surface area contributed by atoms with Gasteiger partial charge in [0.2, 0.25) is 5.91 Å². The Kier molecular flexibility index (Phi) is 5.06. The Morgan fingerprint density at radius 1 is 1.44 bits per heavy atom. The van der Waals surface area contributed by atoms with E-state index in [-0.39, 0.29) is 5.91 Å². The zero-order chi connectivity index (χ0) is 12.0. The van der Waals surface area contributed by atoms with Crippen molar-refractivity contribution in [1.29, 1.82) is 0 Å². The fourth-order valence-corrected chi connectivity index (χ4v) is 1.34. The largest absolute Gasteiger partial charge is 0.352 e. The van der Waals surface area contributed by atoms with E-state index in [4.69, 9.17) is 11.6 Å². The lowest BCUT2D eigenvalue weighted by Crippen LogP contribution is -2.25. The summed E-state index contributed by atoms with van der Waals surface area (Å²) in [6, 6.07) is 7.41. The third-order valence-corrected chi connectivity index (χ3v) is 2.35. The van der Waals surface area contributed by atoms with Crippen LogP contribution in [0.3, 0.4) is 0 Å². The second-order valence-corrected chi connectivity index (χ2v) is 4.40. The van der Waals surface area contributed by atoms with Gasteiger partial charge in [-0.05, 0) is 23.6 Å². The number of nitrogens with one attached hydrogen (secondary N) is 1. The van der Waals surface area contributed by atoms with E-state index in [1.54, 1.807) is 12.1 Å². The number of rotatable bonds is 4. The number of carbonyl (C=O) groups is 1. The molecule has 0 aromatic heterocycles. The van der Waals surface area contributed by atoms with Crippen LogP contribution in [-0.4, -0.2) is 12.5 Å². The van der Waals surface area contributed by atoms with Gasteiger partial charge in [0.25, 0.3) is 0 Å². The van der Waals surface area contributed by atoms with E-state index in [1.807, 2.05) is 18.2 Å². The molecule has 0 heterocycles. The highest BCUT2D eigenvalue weighted by Gasteiger charge is 1.98. The van der Waals surface area contributed by atoms with Gasteiger partial charge in [-0.25, -0.2) is 0 Å². The van der Waals surface area contributed by atoms with E-state index < -0.39 is 0 Å². The van der Waals surface area contributed by atoms with Gasteiger partial charge in [0, 0.05) is 17.6 Å². The Hall–Kier alpha value is -1.28. The molecule has 1 rings (SSSR count). The lowest BCUT2D eigenvalue weighted by atomic mass is 10.2. The Bertz CT molecular complexity index is 385. The summed E-state index contributed by atoms with van der Waals surface area (Å²) in [5.74, 6) is 0.367. The Morgan fingerprint density at radius 3 is 2.75 bits per heavy atom. The number of carbonyl (C=O) groups excluding carboxylic acids is 1. The van der Waals surface area contributed by atoms with Crippen LogP contribution in [0.4, 0.5) is 0 Å². The van der Waals surface area contributed by atoms with Gasteiger partial charge >= 0.3 is 0 Å². The number of hydrogen-bond acceptors (Lipinski definition) is 1. The predicted molar refractivity (Wildman–Crippen MR) is 68.3 cm³/mol. The van der Waals surface area contributed by atoms with Gasteiger partial charge in [0.05, 0.1) is 0 Å². The van der Waals surface area contributed by atoms with Gasteiger partial charge in [-0.15, -0.1) is 0 Å². The summed E-state index contributed by atoms with van der Waals surface area (Å²) in [7, 11) is 0. The zero-order valence-electron chi connectivity index (χ0n) is 9.53. The highest BCUT2D eigenvalue weighted by Crippen LogP contribution is 2.15. The monoisotopic (exact) mass is 237 g/mol. The minimum atomic E-state index is -0.0892. The molecule has 0 atom stereocenters. The molecule has 16 heavy (non-hydrogen) atoms. The summed E-state index contributed by atoms with van der Waals surface area (Å²) >= 11 is 5.95. The average molecular weight is 238 g/mol. The molecule has 0 bridgehead atoms. The van der Waals surface area contributed by atoms with Crippen LogP contribution in [0.15, 0.2) is 30.3 Å². The summed E-state index contributed by atoms with van der Waals surface area (Å²) < 4.78 is 0. The standard InChI is InChI=1S/C13H16ClNO/c1-10(2)9-15-13(16)8-7-11-5-3-4-6-12(11)14/h3-8,10H,9H2,1-2H3,(H,15,16)/b8-7-. The first-order chi connectivity index (χ1) is 7.59. The minimum absolute atomic E-state index is 0.0892. The highest BCUT2D eigenvalue weighted by atomic mass is 35.5. The molecular formula is C13H16ClNO. The molecule has 0 fully saturated rings. The van der Waals surface area contributed by atoms with Gasteiger partial charge < -0.3 is 5.32 Å². The molecule has 0 radical (unpaired) electrons. The van der Waals surface area contributed by atoms with Crippen molar-refractivity contribution in [2.45, 2.75) is 13.8 Å². The van der Waals surface area contributed by atoms with Gasteiger partial charge in [0.15, 0.2) is 0 Å². The molecule has 1 aromatic carbocycles. The van der Waals surface area contributed by atoms with Gasteiger partial charge in [-0.1, -0.05) is 43.6 Å². The first-order valence-electron chi connectivity index (χ1n) is 5.30. The number of benzene rings is 1. The van der Waals surface area contributed by atoms with Crippen LogP contribution in [0.1, 0.15) is 19.4 Å². The average Bonchev–Trinajstić information content (AvgIpc) is 2.25. The molecule has 0 aliphatic heterocycles. The van der Waals surface area contributed by atoms with Crippen molar-refractivity contribution in [3.05, 3.63) is 40.9 Å². The van der Waals surface area contributed by atoms with E-state index in [1.165, 1.54) is 6.08 Å². The maximum absolute atomic E-state index is 11.4. The third-order valence-electron chi connectivity index (χ3n) is 2.00. The quantitative estimate of drug-likeness (QED) is 0.801. The molecule has 0 saturated carbocycles. The molecule has 3 heteroatoms. The fraction of sp³-hybridized carbons (Fsp3) is 0.308. The van der Waals surface area contributed by atoms with Crippen LogP contribution in [0.2, 0.25) is 5.02 Å². The Balaban J connectivity index is 2.54. The summed E-state index contributed by atoms with van der Waals surface area (Å²) in [6.45, 7) is 4.79. The molecule has 86 valence electrons. The van der Waals surface area contributed by atoms with E-state index in [0.29, 0.717) is 17.5 Å². The summed E-state index contributed by atoms with van der Waals surface area (Å²) in [5, 5.41) is 3.45. The maximum atomic E-state index is 11.4. The van der Waals surface area contributed by atoms with Crippen molar-refractivity contribution >= 4 is 23.6 Å². The van der Waals surface area contributed by atoms with Crippen LogP contribution >= 0.6 is 11.6 Å². The molecule has 1 amide bonds. The SMILES string of the molecule is CC(C)CNC(=O)/C=C\c1ccccc1Cl. The molecule has 0 aliphatic carbocycles. The van der Waals surface area contributed by atoms with E-state index in [0.717, 1.165) is 5.56 Å². The van der Waals surface area contributed by atoms with Crippen LogP contribution in [0.5, 0.6) is 0 Å². The van der Waals surface area contributed by atoms with Gasteiger partial charge in [-0.2, -0.15) is 0 Å². The molecule has 0 saturated heterocycles. The van der Waals surface area contributed by atoms with Crippen molar-refractivity contribution in [2.75, 3.05) is 6.54 Å². The lowest BCUT2D eigenvalue weighted by molar-refractivity contribution is -0.116. The van der Waals surface area contributed by atoms with Crippen LogP contribution in [0.25, 0.3) is 6.08 Å². The van der Waals surface area contributed by atoms with Crippen LogP contribution in [0, 0.1) is 5.92 Å². The summed E-state index contributed by atoms with van der Waals surface area (Å²) in [5.41, 5.74) is 0.851. The van der Waals surface area contributed by atoms with Gasteiger partial charge in [0.1, 0.15) is 0 Å². The summed E-state index contributed by atoms with van der Waals surface area (Å²) in [4.78, 5) is 11.4. The molecule has 0 unspecified atom stereocenters. The number of amides is 1. The first kappa shape index (κ1) is 12.8. The van der Waals surface area contributed by atoms with Crippen molar-refractivity contribution < 1.29 is 4.79 Å². The van der Waals surface area contributed by atoms with E-state index >= 15 is 0 Å². The molecule has 0 spiro atoms. The fourth-order valence-electron chi connectivity index (χ4n) is 1.14. The van der Waals surface area contributed by atoms with Crippen molar-refractivity contribution in [2.24, 2.45) is 5.92 Å². The minimum Gasteiger partial charge on any atom is -0.352 e. The zero-order valence-corrected chi connectivity index (χ0v) is 10.3. The van der Waals surface area contributed by atoms with E-state index in [2.05, 4.69) is 19.2 Å². The second kappa shape index (κ2) is 6.33. The Labute approximate surface area is 101 Å². The van der Waals surface area contributed by atoms with Crippen molar-refractivity contribution in [3.63, 3.8) is 0 Å². The molecule has 1 N–H and O–H groups in total. The van der Waals surface area contributed by atoms with Crippen LogP contribution in [-0.2, 0) is 4.79 Å². The predicted octanol–water partition coefficient (Wildman–Crippen LogP) is 3.13. The third kappa shape index (κ3) is 4.49. The first-order valence-corrected chi connectivity index (χ1v) is 5.68. The second-order valence-electron chi connectivity index (χ2n) is 3.99. The molecule has 1 aromatic rings. The van der Waals surface area contributed by atoms with Crippen molar-refractivity contribution in [3.8, 4) is 0 Å². The normalized spacial score (nSPS) is 11.0. The topological polar surface area (TPSA) is 29.1 Å². The van der Waals surface area contributed by atoms with E-state index in [9.17, 15) is 4.79 Å². The highest BCUT2D eigenvalue weighted by molar-refractivity contribution is 6.32. The summed E-state index contributed by atoms with van der Waals surface area (Å²) in [6.07, 6.45) is 3.22. The smallest absolute Gasteiger partial charge is 0.244 e. The molecule has 2 nitrogen and oxygen atoms in total.